The molecule has 0 aliphatic heterocycles. The fourth-order valence-corrected chi connectivity index (χ4v) is 9.19. The molecule has 52 heavy (non-hydrogen) atoms. The lowest BCUT2D eigenvalue weighted by Gasteiger charge is -2.21. The Morgan fingerprint density at radius 1 is 0.385 bits per heavy atom. The van der Waals surface area contributed by atoms with Crippen molar-refractivity contribution in [3.63, 3.8) is 0 Å². The van der Waals surface area contributed by atoms with Crippen LogP contribution in [0.1, 0.15) is 25.0 Å². The van der Waals surface area contributed by atoms with E-state index >= 15 is 0 Å². The zero-order valence-electron chi connectivity index (χ0n) is 29.1. The average Bonchev–Trinajstić information content (AvgIpc) is 3.69. The molecule has 0 fully saturated rings. The van der Waals surface area contributed by atoms with Gasteiger partial charge in [-0.1, -0.05) is 135 Å². The highest BCUT2D eigenvalue weighted by molar-refractivity contribution is 7.25. The number of hydrogen-bond donors (Lipinski definition) is 0. The van der Waals surface area contributed by atoms with Crippen molar-refractivity contribution in [2.24, 2.45) is 0 Å². The molecule has 10 rings (SSSR count). The van der Waals surface area contributed by atoms with Gasteiger partial charge in [-0.05, 0) is 110 Å². The molecule has 2 heteroatoms. The number of pyridine rings is 1. The molecule has 7 aromatic carbocycles. The maximum absolute atomic E-state index is 4.99. The number of aromatic nitrogens is 1. The minimum absolute atomic E-state index is 0.0300. The van der Waals surface area contributed by atoms with Crippen molar-refractivity contribution >= 4 is 31.5 Å². The summed E-state index contributed by atoms with van der Waals surface area (Å²) in [7, 11) is 0. The van der Waals surface area contributed by atoms with Crippen LogP contribution in [0.2, 0.25) is 0 Å². The molecule has 1 nitrogen and oxygen atoms in total. The van der Waals surface area contributed by atoms with Crippen LogP contribution in [0.15, 0.2) is 176 Å². The molecule has 0 bridgehead atoms. The van der Waals surface area contributed by atoms with Gasteiger partial charge < -0.3 is 0 Å². The molecule has 1 aliphatic carbocycles. The molecule has 1 aliphatic rings. The Morgan fingerprint density at radius 2 is 0.904 bits per heavy atom. The van der Waals surface area contributed by atoms with Gasteiger partial charge in [0.25, 0.3) is 0 Å². The van der Waals surface area contributed by atoms with E-state index in [-0.39, 0.29) is 5.41 Å². The fourth-order valence-electron chi connectivity index (χ4n) is 8.12. The largest absolute Gasteiger partial charge is 0.256 e. The van der Waals surface area contributed by atoms with E-state index in [0.29, 0.717) is 0 Å². The maximum Gasteiger partial charge on any atom is 0.0702 e. The van der Waals surface area contributed by atoms with Crippen molar-refractivity contribution < 1.29 is 0 Å². The first-order chi connectivity index (χ1) is 25.5. The Kier molecular flexibility index (Phi) is 7.09. The van der Waals surface area contributed by atoms with E-state index in [4.69, 9.17) is 4.98 Å². The predicted octanol–water partition coefficient (Wildman–Crippen LogP) is 14.1. The minimum atomic E-state index is -0.0300. The second-order valence-corrected chi connectivity index (χ2v) is 15.5. The van der Waals surface area contributed by atoms with Gasteiger partial charge in [0.2, 0.25) is 0 Å². The third kappa shape index (κ3) is 5.10. The van der Waals surface area contributed by atoms with Crippen molar-refractivity contribution in [3.05, 3.63) is 187 Å². The Hall–Kier alpha value is -6.09. The van der Waals surface area contributed by atoms with Crippen LogP contribution in [-0.4, -0.2) is 4.98 Å². The van der Waals surface area contributed by atoms with Gasteiger partial charge in [-0.15, -0.1) is 11.3 Å². The van der Waals surface area contributed by atoms with E-state index in [0.717, 1.165) is 16.8 Å². The lowest BCUT2D eigenvalue weighted by atomic mass is 9.82. The summed E-state index contributed by atoms with van der Waals surface area (Å²) in [6, 6.07) is 62.1. The molecular formula is C50H35NS. The highest BCUT2D eigenvalue weighted by atomic mass is 32.1. The third-order valence-corrected chi connectivity index (χ3v) is 12.1. The monoisotopic (exact) mass is 681 g/mol. The lowest BCUT2D eigenvalue weighted by Crippen LogP contribution is -2.14. The zero-order chi connectivity index (χ0) is 34.8. The summed E-state index contributed by atoms with van der Waals surface area (Å²) in [6.45, 7) is 4.66. The van der Waals surface area contributed by atoms with Gasteiger partial charge in [0.05, 0.1) is 5.69 Å². The van der Waals surface area contributed by atoms with Crippen molar-refractivity contribution in [2.75, 3.05) is 0 Å². The Morgan fingerprint density at radius 3 is 1.56 bits per heavy atom. The second kappa shape index (κ2) is 12.0. The summed E-state index contributed by atoms with van der Waals surface area (Å²) in [4.78, 5) is 4.99. The summed E-state index contributed by atoms with van der Waals surface area (Å²) in [5.74, 6) is 0. The van der Waals surface area contributed by atoms with Crippen LogP contribution in [-0.2, 0) is 5.41 Å². The average molecular weight is 682 g/mol. The molecule has 2 aromatic heterocycles. The van der Waals surface area contributed by atoms with Gasteiger partial charge in [0, 0.05) is 42.9 Å². The summed E-state index contributed by atoms with van der Waals surface area (Å²) in [5, 5.41) is 2.58. The number of rotatable bonds is 5. The van der Waals surface area contributed by atoms with E-state index in [1.54, 1.807) is 0 Å². The van der Waals surface area contributed by atoms with Crippen molar-refractivity contribution in [3.8, 4) is 66.9 Å². The zero-order valence-corrected chi connectivity index (χ0v) is 29.9. The number of benzene rings is 7. The van der Waals surface area contributed by atoms with Crippen molar-refractivity contribution in [1.82, 2.24) is 4.98 Å². The Balaban J connectivity index is 0.963. The van der Waals surface area contributed by atoms with Crippen molar-refractivity contribution in [1.29, 1.82) is 0 Å². The molecule has 0 amide bonds. The van der Waals surface area contributed by atoms with E-state index in [9.17, 15) is 0 Å². The van der Waals surface area contributed by atoms with E-state index in [1.807, 2.05) is 17.5 Å². The number of thiophene rings is 1. The highest BCUT2D eigenvalue weighted by Gasteiger charge is 2.35. The normalized spacial score (nSPS) is 13.0. The van der Waals surface area contributed by atoms with Gasteiger partial charge >= 0.3 is 0 Å². The minimum Gasteiger partial charge on any atom is -0.256 e. The molecule has 0 unspecified atom stereocenters. The van der Waals surface area contributed by atoms with Crippen LogP contribution < -0.4 is 0 Å². The van der Waals surface area contributed by atoms with Crippen LogP contribution in [0.5, 0.6) is 0 Å². The lowest BCUT2D eigenvalue weighted by molar-refractivity contribution is 0.660. The second-order valence-electron chi connectivity index (χ2n) is 14.4. The summed E-state index contributed by atoms with van der Waals surface area (Å²) in [6.07, 6.45) is 2.03. The quantitative estimate of drug-likeness (QED) is 0.176. The molecule has 246 valence electrons. The van der Waals surface area contributed by atoms with Crippen LogP contribution in [0.4, 0.5) is 0 Å². The van der Waals surface area contributed by atoms with E-state index < -0.39 is 0 Å². The van der Waals surface area contributed by atoms with E-state index in [2.05, 4.69) is 184 Å². The Bertz CT molecular complexity index is 2800. The van der Waals surface area contributed by atoms with Crippen LogP contribution >= 0.6 is 11.3 Å². The number of hydrogen-bond acceptors (Lipinski definition) is 2. The topological polar surface area (TPSA) is 12.9 Å². The molecular weight excluding hydrogens is 647 g/mol. The molecule has 0 spiro atoms. The molecule has 2 heterocycles. The molecule has 0 saturated heterocycles. The highest BCUT2D eigenvalue weighted by Crippen LogP contribution is 2.49. The first-order valence-electron chi connectivity index (χ1n) is 17.9. The third-order valence-electron chi connectivity index (χ3n) is 10.9. The van der Waals surface area contributed by atoms with Gasteiger partial charge in [-0.3, -0.25) is 4.98 Å². The smallest absolute Gasteiger partial charge is 0.0702 e. The standard InChI is InChI=1S/C50H35NS/c1-50(2)45-17-7-6-16-41(45)42-22-18-39(30-46(42)50)47-23-19-40(31-51-47)38-21-25-49-44(29-38)43-28-37(20-24-48(43)52-49)36-15-9-14-35(27-36)34-13-8-12-33(26-34)32-10-4-3-5-11-32/h3-31H,1-2H3. The van der Waals surface area contributed by atoms with Crippen LogP contribution in [0.25, 0.3) is 87.1 Å². The molecule has 0 radical (unpaired) electrons. The van der Waals surface area contributed by atoms with Gasteiger partial charge in [-0.25, -0.2) is 0 Å². The number of nitrogens with zero attached hydrogens (tertiary/aromatic N) is 1. The van der Waals surface area contributed by atoms with Gasteiger partial charge in [0.1, 0.15) is 0 Å². The first kappa shape index (κ1) is 30.7. The molecule has 9 aromatic rings. The van der Waals surface area contributed by atoms with Gasteiger partial charge in [-0.2, -0.15) is 0 Å². The Labute approximate surface area is 308 Å². The number of fused-ring (bicyclic) bond motifs is 6. The van der Waals surface area contributed by atoms with E-state index in [1.165, 1.54) is 81.4 Å². The molecule has 0 atom stereocenters. The molecule has 0 N–H and O–H groups in total. The summed E-state index contributed by atoms with van der Waals surface area (Å²) in [5.41, 5.74) is 17.2. The van der Waals surface area contributed by atoms with Crippen LogP contribution in [0, 0.1) is 0 Å². The van der Waals surface area contributed by atoms with Crippen LogP contribution in [0.3, 0.4) is 0 Å². The SMILES string of the molecule is CC1(C)c2ccccc2-c2ccc(-c3ccc(-c4ccc5sc6ccc(-c7cccc(-c8cccc(-c9ccccc9)c8)c7)cc6c5c4)cn3)cc21. The fraction of sp³-hybridized carbons (Fsp3) is 0.0600. The molecule has 0 saturated carbocycles. The van der Waals surface area contributed by atoms with Gasteiger partial charge in [0.15, 0.2) is 0 Å². The summed E-state index contributed by atoms with van der Waals surface area (Å²) < 4.78 is 2.60. The first-order valence-corrected chi connectivity index (χ1v) is 18.8. The van der Waals surface area contributed by atoms with Crippen molar-refractivity contribution in [2.45, 2.75) is 19.3 Å². The predicted molar refractivity (Wildman–Crippen MR) is 222 cm³/mol. The maximum atomic E-state index is 4.99. The summed E-state index contributed by atoms with van der Waals surface area (Å²) >= 11 is 1.86.